The van der Waals surface area contributed by atoms with Gasteiger partial charge in [0.25, 0.3) is 0 Å². The van der Waals surface area contributed by atoms with Crippen molar-refractivity contribution in [3.8, 4) is 0 Å². The molecule has 4 nitrogen and oxygen atoms in total. The zero-order valence-electron chi connectivity index (χ0n) is 12.8. The average molecular weight is 301 g/mol. The first-order valence-corrected chi connectivity index (χ1v) is 8.20. The van der Waals surface area contributed by atoms with Gasteiger partial charge in [-0.1, -0.05) is 49.6 Å². The average Bonchev–Trinajstić information content (AvgIpc) is 2.92. The SMILES string of the molecule is O=C(O)[C@@H]1CN(C(=O)CCC2CCC2)C[C@@H]1c1ccccc1. The van der Waals surface area contributed by atoms with E-state index in [9.17, 15) is 14.7 Å². The van der Waals surface area contributed by atoms with E-state index in [-0.39, 0.29) is 11.8 Å². The predicted octanol–water partition coefficient (Wildman–Crippen LogP) is 2.89. The van der Waals surface area contributed by atoms with Gasteiger partial charge in [0.2, 0.25) is 5.91 Å². The molecule has 1 aromatic rings. The Morgan fingerprint density at radius 3 is 2.45 bits per heavy atom. The monoisotopic (exact) mass is 301 g/mol. The molecule has 22 heavy (non-hydrogen) atoms. The van der Waals surface area contributed by atoms with Crippen LogP contribution in [0.2, 0.25) is 0 Å². The maximum atomic E-state index is 12.4. The van der Waals surface area contributed by atoms with E-state index in [0.717, 1.165) is 12.0 Å². The lowest BCUT2D eigenvalue weighted by Crippen LogP contribution is -2.30. The maximum Gasteiger partial charge on any atom is 0.308 e. The number of amides is 1. The zero-order chi connectivity index (χ0) is 15.5. The van der Waals surface area contributed by atoms with Crippen molar-refractivity contribution in [3.63, 3.8) is 0 Å². The largest absolute Gasteiger partial charge is 0.481 e. The fourth-order valence-electron chi connectivity index (χ4n) is 3.56. The molecule has 1 aliphatic heterocycles. The zero-order valence-corrected chi connectivity index (χ0v) is 12.8. The highest BCUT2D eigenvalue weighted by atomic mass is 16.4. The Kier molecular flexibility index (Phi) is 4.46. The van der Waals surface area contributed by atoms with Crippen molar-refractivity contribution in [1.82, 2.24) is 4.90 Å². The summed E-state index contributed by atoms with van der Waals surface area (Å²) in [6.07, 6.45) is 5.32. The van der Waals surface area contributed by atoms with Crippen molar-refractivity contribution in [2.45, 2.75) is 38.0 Å². The van der Waals surface area contributed by atoms with Crippen LogP contribution >= 0.6 is 0 Å². The molecule has 1 aliphatic carbocycles. The Morgan fingerprint density at radius 1 is 1.14 bits per heavy atom. The van der Waals surface area contributed by atoms with E-state index in [0.29, 0.717) is 25.4 Å². The number of hydrogen-bond acceptors (Lipinski definition) is 2. The van der Waals surface area contributed by atoms with Gasteiger partial charge in [0.15, 0.2) is 0 Å². The Morgan fingerprint density at radius 2 is 1.86 bits per heavy atom. The molecule has 1 saturated heterocycles. The summed E-state index contributed by atoms with van der Waals surface area (Å²) in [7, 11) is 0. The third-order valence-electron chi connectivity index (χ3n) is 5.21. The lowest BCUT2D eigenvalue weighted by Gasteiger charge is -2.26. The van der Waals surface area contributed by atoms with E-state index in [1.165, 1.54) is 19.3 Å². The molecule has 118 valence electrons. The Bertz CT molecular complexity index is 539. The number of carboxylic acid groups (broad SMARTS) is 1. The van der Waals surface area contributed by atoms with Crippen molar-refractivity contribution >= 4 is 11.9 Å². The molecule has 1 amide bonds. The summed E-state index contributed by atoms with van der Waals surface area (Å²) in [5.74, 6) is -0.548. The van der Waals surface area contributed by atoms with Crippen LogP contribution in [0.15, 0.2) is 30.3 Å². The highest BCUT2D eigenvalue weighted by Crippen LogP contribution is 2.34. The summed E-state index contributed by atoms with van der Waals surface area (Å²) >= 11 is 0. The van der Waals surface area contributed by atoms with Gasteiger partial charge in [0.1, 0.15) is 0 Å². The Hall–Kier alpha value is -1.84. The molecule has 4 heteroatoms. The van der Waals surface area contributed by atoms with Gasteiger partial charge >= 0.3 is 5.97 Å². The summed E-state index contributed by atoms with van der Waals surface area (Å²) in [5, 5.41) is 9.47. The van der Waals surface area contributed by atoms with E-state index >= 15 is 0 Å². The second-order valence-electron chi connectivity index (χ2n) is 6.60. The van der Waals surface area contributed by atoms with Crippen LogP contribution in [0.5, 0.6) is 0 Å². The van der Waals surface area contributed by atoms with Crippen LogP contribution in [-0.4, -0.2) is 35.0 Å². The van der Waals surface area contributed by atoms with Crippen LogP contribution in [0.25, 0.3) is 0 Å². The number of aliphatic carboxylic acids is 1. The van der Waals surface area contributed by atoms with Crippen LogP contribution in [0, 0.1) is 11.8 Å². The number of carboxylic acids is 1. The first-order valence-electron chi connectivity index (χ1n) is 8.20. The maximum absolute atomic E-state index is 12.4. The first-order chi connectivity index (χ1) is 10.6. The van der Waals surface area contributed by atoms with Gasteiger partial charge in [-0.05, 0) is 17.9 Å². The third-order valence-corrected chi connectivity index (χ3v) is 5.21. The van der Waals surface area contributed by atoms with E-state index < -0.39 is 11.9 Å². The number of likely N-dealkylation sites (tertiary alicyclic amines) is 1. The van der Waals surface area contributed by atoms with Gasteiger partial charge < -0.3 is 10.0 Å². The molecule has 0 radical (unpaired) electrons. The van der Waals surface area contributed by atoms with Crippen LogP contribution in [-0.2, 0) is 9.59 Å². The Balaban J connectivity index is 1.64. The standard InChI is InChI=1S/C18H23NO3/c20-17(10-9-13-5-4-6-13)19-11-15(16(12-19)18(21)22)14-7-2-1-3-8-14/h1-3,7-8,13,15-16H,4-6,9-12H2,(H,21,22)/t15-,16-/m1/s1. The molecule has 1 heterocycles. The van der Waals surface area contributed by atoms with Crippen LogP contribution in [0.3, 0.4) is 0 Å². The molecule has 1 aromatic carbocycles. The summed E-state index contributed by atoms with van der Waals surface area (Å²) in [6.45, 7) is 0.878. The van der Waals surface area contributed by atoms with Gasteiger partial charge in [-0.15, -0.1) is 0 Å². The molecule has 2 aliphatic rings. The number of carbonyl (C=O) groups excluding carboxylic acids is 1. The third kappa shape index (κ3) is 3.16. The number of carbonyl (C=O) groups is 2. The van der Waals surface area contributed by atoms with E-state index in [4.69, 9.17) is 0 Å². The fraction of sp³-hybridized carbons (Fsp3) is 0.556. The van der Waals surface area contributed by atoms with Crippen molar-refractivity contribution in [3.05, 3.63) is 35.9 Å². The van der Waals surface area contributed by atoms with Gasteiger partial charge in [0, 0.05) is 25.4 Å². The van der Waals surface area contributed by atoms with E-state index in [1.807, 2.05) is 30.3 Å². The topological polar surface area (TPSA) is 57.6 Å². The fourth-order valence-corrected chi connectivity index (χ4v) is 3.56. The van der Waals surface area contributed by atoms with Crippen molar-refractivity contribution in [2.24, 2.45) is 11.8 Å². The lowest BCUT2D eigenvalue weighted by molar-refractivity contribution is -0.141. The summed E-state index contributed by atoms with van der Waals surface area (Å²) in [5.41, 5.74) is 1.02. The molecule has 0 aromatic heterocycles. The van der Waals surface area contributed by atoms with Crippen molar-refractivity contribution < 1.29 is 14.7 Å². The number of hydrogen-bond donors (Lipinski definition) is 1. The molecule has 1 saturated carbocycles. The number of nitrogens with zero attached hydrogens (tertiary/aromatic N) is 1. The minimum absolute atomic E-state index is 0.0913. The molecular formula is C18H23NO3. The van der Waals surface area contributed by atoms with Crippen LogP contribution < -0.4 is 0 Å². The minimum Gasteiger partial charge on any atom is -0.481 e. The second kappa shape index (κ2) is 6.51. The first kappa shape index (κ1) is 15.1. The molecule has 2 atom stereocenters. The normalized spacial score (nSPS) is 25.0. The summed E-state index contributed by atoms with van der Waals surface area (Å²) in [4.78, 5) is 25.7. The summed E-state index contributed by atoms with van der Waals surface area (Å²) in [6, 6.07) is 9.70. The van der Waals surface area contributed by atoms with Crippen molar-refractivity contribution in [1.29, 1.82) is 0 Å². The van der Waals surface area contributed by atoms with Crippen LogP contribution in [0.4, 0.5) is 0 Å². The molecule has 0 spiro atoms. The van der Waals surface area contributed by atoms with E-state index in [1.54, 1.807) is 4.90 Å². The lowest BCUT2D eigenvalue weighted by atomic mass is 9.82. The molecule has 0 bridgehead atoms. The molecule has 2 fully saturated rings. The smallest absolute Gasteiger partial charge is 0.308 e. The number of rotatable bonds is 5. The van der Waals surface area contributed by atoms with Crippen molar-refractivity contribution in [2.75, 3.05) is 13.1 Å². The number of benzene rings is 1. The summed E-state index contributed by atoms with van der Waals surface area (Å²) < 4.78 is 0. The highest BCUT2D eigenvalue weighted by molar-refractivity contribution is 5.79. The minimum atomic E-state index is -0.803. The molecule has 3 rings (SSSR count). The van der Waals surface area contributed by atoms with Crippen LogP contribution in [0.1, 0.15) is 43.6 Å². The van der Waals surface area contributed by atoms with E-state index in [2.05, 4.69) is 0 Å². The molecular weight excluding hydrogens is 278 g/mol. The predicted molar refractivity (Wildman–Crippen MR) is 83.5 cm³/mol. The quantitative estimate of drug-likeness (QED) is 0.909. The van der Waals surface area contributed by atoms with Gasteiger partial charge in [-0.25, -0.2) is 0 Å². The molecule has 1 N–H and O–H groups in total. The van der Waals surface area contributed by atoms with Gasteiger partial charge in [-0.2, -0.15) is 0 Å². The Labute approximate surface area is 131 Å². The second-order valence-corrected chi connectivity index (χ2v) is 6.60. The van der Waals surface area contributed by atoms with Gasteiger partial charge in [0.05, 0.1) is 5.92 Å². The highest BCUT2D eigenvalue weighted by Gasteiger charge is 2.40. The molecule has 0 unspecified atom stereocenters. The van der Waals surface area contributed by atoms with Gasteiger partial charge in [-0.3, -0.25) is 9.59 Å².